The van der Waals surface area contributed by atoms with Gasteiger partial charge in [0, 0.05) is 6.42 Å². The predicted molar refractivity (Wildman–Crippen MR) is 85.3 cm³/mol. The quantitative estimate of drug-likeness (QED) is 0.680. The van der Waals surface area contributed by atoms with E-state index in [9.17, 15) is 33.0 Å². The maximum Gasteiger partial charge on any atom is 0.416 e. The van der Waals surface area contributed by atoms with E-state index in [0.29, 0.717) is 12.1 Å². The van der Waals surface area contributed by atoms with E-state index in [-0.39, 0.29) is 10.0 Å². The molecule has 1 aromatic rings. The van der Waals surface area contributed by atoms with Gasteiger partial charge in [0.2, 0.25) is 0 Å². The molecule has 0 radical (unpaired) electrons. The molecule has 1 rings (SSSR count). The number of amides is 1. The lowest BCUT2D eigenvalue weighted by Gasteiger charge is -2.22. The van der Waals surface area contributed by atoms with Crippen LogP contribution >= 0.6 is 15.9 Å². The maximum absolute atomic E-state index is 12.9. The number of phenols is 1. The van der Waals surface area contributed by atoms with Crippen molar-refractivity contribution in [1.82, 2.24) is 5.32 Å². The first-order valence-electron chi connectivity index (χ1n) is 7.01. The van der Waals surface area contributed by atoms with E-state index >= 15 is 0 Å². The summed E-state index contributed by atoms with van der Waals surface area (Å²) in [4.78, 5) is 23.0. The van der Waals surface area contributed by atoms with Crippen LogP contribution in [0, 0.1) is 0 Å². The molecule has 0 aliphatic rings. The lowest BCUT2D eigenvalue weighted by Crippen LogP contribution is -2.44. The zero-order valence-electron chi connectivity index (χ0n) is 13.6. The van der Waals surface area contributed by atoms with E-state index in [1.165, 1.54) is 0 Å². The number of carbonyl (C=O) groups is 2. The Bertz CT molecular complexity index is 670. The van der Waals surface area contributed by atoms with E-state index < -0.39 is 47.6 Å². The minimum atomic E-state index is -4.68. The molecule has 1 atom stereocenters. The number of hydrogen-bond acceptors (Lipinski definition) is 4. The van der Waals surface area contributed by atoms with Gasteiger partial charge in [0.05, 0.1) is 10.0 Å². The Labute approximate surface area is 150 Å². The molecule has 0 saturated carbocycles. The summed E-state index contributed by atoms with van der Waals surface area (Å²) in [5, 5.41) is 21.1. The van der Waals surface area contributed by atoms with Crippen molar-refractivity contribution in [2.45, 2.75) is 45.0 Å². The number of carboxylic acid groups (broad SMARTS) is 1. The highest BCUT2D eigenvalue weighted by atomic mass is 79.9. The normalized spacial score (nSPS) is 13.2. The van der Waals surface area contributed by atoms with Crippen molar-refractivity contribution in [2.75, 3.05) is 0 Å². The molecule has 0 saturated heterocycles. The second-order valence-electron chi connectivity index (χ2n) is 6.20. The number of halogens is 4. The van der Waals surface area contributed by atoms with Crippen LogP contribution in [-0.2, 0) is 22.1 Å². The smallest absolute Gasteiger partial charge is 0.416 e. The van der Waals surface area contributed by atoms with Crippen molar-refractivity contribution in [3.05, 3.63) is 27.7 Å². The molecule has 0 bridgehead atoms. The molecule has 1 aromatic carbocycles. The molecule has 0 aliphatic carbocycles. The van der Waals surface area contributed by atoms with E-state index in [1.54, 1.807) is 20.8 Å². The number of rotatable bonds is 4. The zero-order chi connectivity index (χ0) is 19.6. The lowest BCUT2D eigenvalue weighted by atomic mass is 10.0. The largest absolute Gasteiger partial charge is 0.506 e. The van der Waals surface area contributed by atoms with Gasteiger partial charge in [-0.3, -0.25) is 0 Å². The van der Waals surface area contributed by atoms with E-state index in [2.05, 4.69) is 21.2 Å². The molecule has 3 N–H and O–H groups in total. The first-order valence-corrected chi connectivity index (χ1v) is 7.81. The Hall–Kier alpha value is -1.97. The molecule has 10 heteroatoms. The standard InChI is InChI=1S/C15H17BrF3NO5/c1-14(2,3)25-13(24)20-10(12(22)23)5-7-4-8(15(17,18)19)6-9(16)11(7)21/h4,6,10,21H,5H2,1-3H3,(H,20,24)(H,22,23). The van der Waals surface area contributed by atoms with Gasteiger partial charge < -0.3 is 20.3 Å². The molecule has 0 aromatic heterocycles. The second-order valence-corrected chi connectivity index (χ2v) is 7.06. The van der Waals surface area contributed by atoms with Crippen LogP contribution in [-0.4, -0.2) is 33.9 Å². The maximum atomic E-state index is 12.9. The van der Waals surface area contributed by atoms with Crippen molar-refractivity contribution in [3.8, 4) is 5.75 Å². The van der Waals surface area contributed by atoms with Crippen LogP contribution in [0.2, 0.25) is 0 Å². The average Bonchev–Trinajstić information content (AvgIpc) is 2.39. The number of carboxylic acids is 1. The van der Waals surface area contributed by atoms with Crippen molar-refractivity contribution in [1.29, 1.82) is 0 Å². The molecule has 140 valence electrons. The first-order chi connectivity index (χ1) is 11.2. The van der Waals surface area contributed by atoms with Crippen LogP contribution < -0.4 is 5.32 Å². The number of hydrogen-bond donors (Lipinski definition) is 3. The van der Waals surface area contributed by atoms with Gasteiger partial charge in [-0.05, 0) is 54.4 Å². The van der Waals surface area contributed by atoms with Crippen molar-refractivity contribution >= 4 is 28.0 Å². The van der Waals surface area contributed by atoms with E-state index in [1.807, 2.05) is 0 Å². The number of aliphatic carboxylic acids is 1. The summed E-state index contributed by atoms with van der Waals surface area (Å²) in [5.74, 6) is -2.02. The summed E-state index contributed by atoms with van der Waals surface area (Å²) >= 11 is 2.80. The molecule has 0 fully saturated rings. The molecular weight excluding hydrogens is 411 g/mol. The Morgan fingerprint density at radius 1 is 1.28 bits per heavy atom. The van der Waals surface area contributed by atoms with Gasteiger partial charge in [-0.25, -0.2) is 9.59 Å². The van der Waals surface area contributed by atoms with Crippen LogP contribution in [0.1, 0.15) is 31.9 Å². The fraction of sp³-hybridized carbons (Fsp3) is 0.467. The van der Waals surface area contributed by atoms with Crippen LogP contribution in [0.15, 0.2) is 16.6 Å². The third kappa shape index (κ3) is 6.45. The predicted octanol–water partition coefficient (Wildman–Crippen LogP) is 3.69. The Kier molecular flexibility index (Phi) is 6.33. The fourth-order valence-electron chi connectivity index (χ4n) is 1.85. The molecule has 1 amide bonds. The number of alkyl halides is 3. The molecule has 0 heterocycles. The number of aromatic hydroxyl groups is 1. The monoisotopic (exact) mass is 427 g/mol. The second kappa shape index (κ2) is 7.51. The molecule has 25 heavy (non-hydrogen) atoms. The van der Waals surface area contributed by atoms with E-state index in [4.69, 9.17) is 4.74 Å². The number of benzene rings is 1. The molecular formula is C15H17BrF3NO5. The van der Waals surface area contributed by atoms with Crippen molar-refractivity contribution in [3.63, 3.8) is 0 Å². The summed E-state index contributed by atoms with van der Waals surface area (Å²) < 4.78 is 43.3. The highest BCUT2D eigenvalue weighted by Crippen LogP contribution is 2.37. The SMILES string of the molecule is CC(C)(C)OC(=O)NC(Cc1cc(C(F)(F)F)cc(Br)c1O)C(=O)O. The number of nitrogens with one attached hydrogen (secondary N) is 1. The Morgan fingerprint density at radius 2 is 1.84 bits per heavy atom. The summed E-state index contributed by atoms with van der Waals surface area (Å²) in [6.07, 6.45) is -6.28. The topological polar surface area (TPSA) is 95.9 Å². The third-order valence-corrected chi connectivity index (χ3v) is 3.49. The van der Waals surface area contributed by atoms with Crippen LogP contribution in [0.25, 0.3) is 0 Å². The van der Waals surface area contributed by atoms with Gasteiger partial charge in [-0.2, -0.15) is 13.2 Å². The van der Waals surface area contributed by atoms with Gasteiger partial charge in [0.25, 0.3) is 0 Å². The number of carbonyl (C=O) groups excluding carboxylic acids is 1. The summed E-state index contributed by atoms with van der Waals surface area (Å²) in [7, 11) is 0. The molecule has 0 aliphatic heterocycles. The highest BCUT2D eigenvalue weighted by Gasteiger charge is 2.33. The molecule has 6 nitrogen and oxygen atoms in total. The first kappa shape index (κ1) is 21.1. The van der Waals surface area contributed by atoms with Gasteiger partial charge in [0.15, 0.2) is 0 Å². The van der Waals surface area contributed by atoms with Crippen LogP contribution in [0.5, 0.6) is 5.75 Å². The van der Waals surface area contributed by atoms with Gasteiger partial charge >= 0.3 is 18.2 Å². The van der Waals surface area contributed by atoms with E-state index in [0.717, 1.165) is 0 Å². The number of alkyl carbamates (subject to hydrolysis) is 1. The third-order valence-electron chi connectivity index (χ3n) is 2.88. The molecule has 0 spiro atoms. The summed E-state index contributed by atoms with van der Waals surface area (Å²) in [6.45, 7) is 4.70. The van der Waals surface area contributed by atoms with Gasteiger partial charge in [-0.1, -0.05) is 0 Å². The summed E-state index contributed by atoms with van der Waals surface area (Å²) in [6, 6.07) is -0.279. The fourth-order valence-corrected chi connectivity index (χ4v) is 2.35. The average molecular weight is 428 g/mol. The lowest BCUT2D eigenvalue weighted by molar-refractivity contribution is -0.139. The van der Waals surface area contributed by atoms with Gasteiger partial charge in [-0.15, -0.1) is 0 Å². The highest BCUT2D eigenvalue weighted by molar-refractivity contribution is 9.10. The Morgan fingerprint density at radius 3 is 2.28 bits per heavy atom. The Balaban J connectivity index is 3.08. The zero-order valence-corrected chi connectivity index (χ0v) is 15.2. The van der Waals surface area contributed by atoms with Crippen molar-refractivity contribution < 1.29 is 37.7 Å². The minimum absolute atomic E-state index is 0.237. The minimum Gasteiger partial charge on any atom is -0.506 e. The summed E-state index contributed by atoms with van der Waals surface area (Å²) in [5.41, 5.74) is -2.23. The number of ether oxygens (including phenoxy) is 1. The van der Waals surface area contributed by atoms with Crippen LogP contribution in [0.3, 0.4) is 0 Å². The number of phenolic OH excluding ortho intramolecular Hbond substituents is 1. The van der Waals surface area contributed by atoms with Crippen molar-refractivity contribution in [2.24, 2.45) is 0 Å². The van der Waals surface area contributed by atoms with Gasteiger partial charge in [0.1, 0.15) is 17.4 Å². The molecule has 1 unspecified atom stereocenters. The van der Waals surface area contributed by atoms with Crippen LogP contribution in [0.4, 0.5) is 18.0 Å².